The van der Waals surface area contributed by atoms with E-state index in [1.54, 1.807) is 18.2 Å². The van der Waals surface area contributed by atoms with Crippen molar-refractivity contribution in [2.45, 2.75) is 0 Å². The van der Waals surface area contributed by atoms with Crippen molar-refractivity contribution in [1.29, 1.82) is 0 Å². The first kappa shape index (κ1) is 13.6. The topological polar surface area (TPSA) is 40.1 Å². The zero-order valence-corrected chi connectivity index (χ0v) is 8.93. The number of carboxylic acids is 1. The first-order chi connectivity index (χ1) is 4.30. The first-order valence-electron chi connectivity index (χ1n) is 2.57. The smallest absolute Gasteiger partial charge is 0.545 e. The first-order valence-corrected chi connectivity index (χ1v) is 2.57. The van der Waals surface area contributed by atoms with Crippen molar-refractivity contribution < 1.29 is 39.5 Å². The molecule has 1 aromatic carbocycles. The summed E-state index contributed by atoms with van der Waals surface area (Å²) in [6.45, 7) is 0. The Labute approximate surface area is 93.3 Å². The molecule has 0 aliphatic carbocycles. The summed E-state index contributed by atoms with van der Waals surface area (Å²) in [6, 6.07) is 8.06. The van der Waals surface area contributed by atoms with Gasteiger partial charge in [0.1, 0.15) is 0 Å². The van der Waals surface area contributed by atoms with E-state index >= 15 is 0 Å². The summed E-state index contributed by atoms with van der Waals surface area (Å²) in [5.74, 6) is -1.13. The molecule has 1 aromatic rings. The van der Waals surface area contributed by atoms with Gasteiger partial charge in [-0.1, -0.05) is 30.3 Å². The van der Waals surface area contributed by atoms with Crippen molar-refractivity contribution in [3.05, 3.63) is 35.9 Å². The van der Waals surface area contributed by atoms with Gasteiger partial charge in [0.2, 0.25) is 0 Å². The fourth-order valence-electron chi connectivity index (χ4n) is 0.574. The molecule has 0 radical (unpaired) electrons. The Bertz CT molecular complexity index is 213. The number of carbonyl (C=O) groups is 1. The summed E-state index contributed by atoms with van der Waals surface area (Å²) in [5, 5.41) is 10.1. The predicted molar refractivity (Wildman–Crippen MR) is 38.0 cm³/mol. The van der Waals surface area contributed by atoms with Crippen LogP contribution in [0, 0.1) is 0 Å². The fraction of sp³-hybridized carbons (Fsp3) is 0. The van der Waals surface area contributed by atoms with Gasteiger partial charge in [-0.3, -0.25) is 0 Å². The minimum absolute atomic E-state index is 0. The summed E-state index contributed by atoms with van der Waals surface area (Å²) < 4.78 is 0. The van der Waals surface area contributed by atoms with Crippen LogP contribution in [0.2, 0.25) is 0 Å². The number of carbonyl (C=O) groups excluding carboxylic acids is 1. The number of benzene rings is 1. The number of halogens is 1. The van der Waals surface area contributed by atoms with E-state index in [-0.39, 0.29) is 47.5 Å². The molecule has 0 aliphatic heterocycles. The van der Waals surface area contributed by atoms with E-state index in [1.807, 2.05) is 0 Å². The van der Waals surface area contributed by atoms with Crippen molar-refractivity contribution in [2.24, 2.45) is 0 Å². The molecule has 0 saturated carbocycles. The number of carboxylic acid groups (broad SMARTS) is 1. The van der Waals surface area contributed by atoms with Crippen LogP contribution in [-0.4, -0.2) is 5.97 Å². The molecule has 0 spiro atoms. The third-order valence-electron chi connectivity index (χ3n) is 1.01. The van der Waals surface area contributed by atoms with E-state index in [0.717, 1.165) is 0 Å². The summed E-state index contributed by atoms with van der Waals surface area (Å²) in [7, 11) is 0. The van der Waals surface area contributed by atoms with Gasteiger partial charge in [0, 0.05) is 0 Å². The summed E-state index contributed by atoms with van der Waals surface area (Å²) in [6.07, 6.45) is 0. The van der Waals surface area contributed by atoms with Crippen LogP contribution in [0.1, 0.15) is 10.4 Å². The number of hydrogen-bond donors (Lipinski definition) is 0. The molecule has 54 valence electrons. The monoisotopic (exact) mass is 180 g/mol. The molecule has 0 aromatic heterocycles. The number of rotatable bonds is 1. The minimum atomic E-state index is -1.13. The van der Waals surface area contributed by atoms with Crippen LogP contribution >= 0.6 is 12.4 Å². The average molecular weight is 181 g/mol. The van der Waals surface area contributed by atoms with Gasteiger partial charge in [0.15, 0.2) is 0 Å². The van der Waals surface area contributed by atoms with Crippen molar-refractivity contribution in [3.63, 3.8) is 0 Å². The molecule has 0 amide bonds. The van der Waals surface area contributed by atoms with Gasteiger partial charge >= 0.3 is 29.6 Å². The van der Waals surface area contributed by atoms with Gasteiger partial charge in [0.05, 0.1) is 5.97 Å². The van der Waals surface area contributed by atoms with Crippen LogP contribution in [0.15, 0.2) is 30.3 Å². The molecular weight excluding hydrogens is 175 g/mol. The second-order valence-electron chi connectivity index (χ2n) is 1.65. The molecule has 1 rings (SSSR count). The maximum Gasteiger partial charge on any atom is 1.00 e. The third-order valence-corrected chi connectivity index (χ3v) is 1.01. The molecule has 4 heteroatoms. The van der Waals surface area contributed by atoms with Gasteiger partial charge in [0.25, 0.3) is 0 Å². The number of hydrogen-bond acceptors (Lipinski definition) is 2. The quantitative estimate of drug-likeness (QED) is 0.448. The van der Waals surface area contributed by atoms with Crippen molar-refractivity contribution in [2.75, 3.05) is 0 Å². The Morgan fingerprint density at radius 1 is 1.18 bits per heavy atom. The van der Waals surface area contributed by atoms with E-state index in [2.05, 4.69) is 0 Å². The van der Waals surface area contributed by atoms with Gasteiger partial charge in [-0.05, 0) is 5.56 Å². The molecule has 0 unspecified atom stereocenters. The van der Waals surface area contributed by atoms with Crippen LogP contribution < -0.4 is 34.7 Å². The van der Waals surface area contributed by atoms with Crippen LogP contribution in [0.25, 0.3) is 0 Å². The van der Waals surface area contributed by atoms with E-state index in [1.165, 1.54) is 12.1 Å². The molecule has 0 fully saturated rings. The van der Waals surface area contributed by atoms with Crippen molar-refractivity contribution in [1.82, 2.24) is 0 Å². The summed E-state index contributed by atoms with van der Waals surface area (Å²) in [5.41, 5.74) is 0.220. The van der Waals surface area contributed by atoms with E-state index in [4.69, 9.17) is 0 Å². The summed E-state index contributed by atoms with van der Waals surface area (Å²) in [4.78, 5) is 10.1. The van der Waals surface area contributed by atoms with E-state index < -0.39 is 5.97 Å². The van der Waals surface area contributed by atoms with Crippen LogP contribution in [0.3, 0.4) is 0 Å². The maximum atomic E-state index is 10.1. The predicted octanol–water partition coefficient (Wildman–Crippen LogP) is -2.52. The summed E-state index contributed by atoms with van der Waals surface area (Å²) >= 11 is 0. The molecule has 0 N–H and O–H groups in total. The fourth-order valence-corrected chi connectivity index (χ4v) is 0.574. The van der Waals surface area contributed by atoms with Crippen molar-refractivity contribution in [3.8, 4) is 0 Å². The maximum absolute atomic E-state index is 10.1. The Kier molecular flexibility index (Phi) is 8.23. The van der Waals surface area contributed by atoms with Gasteiger partial charge < -0.3 is 9.90 Å². The standard InChI is InChI=1S/C7H6O2.ClH.Na/c8-7(9)6-4-2-1-3-5-6;;/h1-5H,(H,8,9);1H;/q;;+1/p-1. The molecule has 0 saturated heterocycles. The Hall–Kier alpha value is -0.0200. The molecule has 0 aliphatic rings. The molecule has 2 nitrogen and oxygen atoms in total. The Balaban J connectivity index is 0. The van der Waals surface area contributed by atoms with Crippen LogP contribution in [0.5, 0.6) is 0 Å². The van der Waals surface area contributed by atoms with Gasteiger partial charge in [-0.25, -0.2) is 0 Å². The molecule has 0 atom stereocenters. The molecule has 11 heavy (non-hydrogen) atoms. The van der Waals surface area contributed by atoms with Crippen molar-refractivity contribution >= 4 is 18.4 Å². The second kappa shape index (κ2) is 6.68. The van der Waals surface area contributed by atoms with Gasteiger partial charge in [-0.2, -0.15) is 0 Å². The largest absolute Gasteiger partial charge is 1.00 e. The van der Waals surface area contributed by atoms with Crippen LogP contribution in [-0.2, 0) is 0 Å². The molecule has 0 heterocycles. The van der Waals surface area contributed by atoms with E-state index in [0.29, 0.717) is 0 Å². The van der Waals surface area contributed by atoms with E-state index in [9.17, 15) is 9.90 Å². The zero-order valence-electron chi connectivity index (χ0n) is 6.11. The van der Waals surface area contributed by atoms with Gasteiger partial charge in [-0.15, -0.1) is 12.4 Å². The number of aromatic carboxylic acids is 1. The Morgan fingerprint density at radius 2 is 1.64 bits per heavy atom. The van der Waals surface area contributed by atoms with Crippen LogP contribution in [0.4, 0.5) is 0 Å². The zero-order chi connectivity index (χ0) is 6.69. The normalized spacial score (nSPS) is 7.27. The molecule has 0 bridgehead atoms. The second-order valence-corrected chi connectivity index (χ2v) is 1.65. The third kappa shape index (κ3) is 4.43. The molecular formula is C7H6ClNaO2. The Morgan fingerprint density at radius 3 is 1.91 bits per heavy atom. The SMILES string of the molecule is Cl.O=C([O-])c1ccccc1.[Na+]. The average Bonchev–Trinajstić information content (AvgIpc) is 1.90. The minimum Gasteiger partial charge on any atom is -0.545 e.